The third kappa shape index (κ3) is 3.05. The molecule has 0 bridgehead atoms. The maximum atomic E-state index is 12.4. The third-order valence-electron chi connectivity index (χ3n) is 4.11. The van der Waals surface area contributed by atoms with Crippen LogP contribution >= 0.6 is 0 Å². The maximum absolute atomic E-state index is 12.4. The molecule has 24 heavy (non-hydrogen) atoms. The second kappa shape index (κ2) is 7.31. The van der Waals surface area contributed by atoms with Crippen molar-refractivity contribution < 1.29 is 24.2 Å². The summed E-state index contributed by atoms with van der Waals surface area (Å²) in [5, 5.41) is 12.7. The number of carbonyl (C=O) groups is 2. The normalized spacial score (nSPS) is 15.2. The molecule has 6 heteroatoms. The van der Waals surface area contributed by atoms with Crippen molar-refractivity contribution >= 4 is 11.9 Å². The summed E-state index contributed by atoms with van der Waals surface area (Å²) in [7, 11) is 2.58. The van der Waals surface area contributed by atoms with Gasteiger partial charge in [0.05, 0.1) is 37.9 Å². The molecular formula is C18H21NO5. The molecule has 2 rings (SSSR count). The molecule has 0 saturated heterocycles. The largest absolute Gasteiger partial charge is 0.466 e. The van der Waals surface area contributed by atoms with Gasteiger partial charge in [-0.05, 0) is 25.0 Å². The second-order valence-electron chi connectivity index (χ2n) is 5.48. The van der Waals surface area contributed by atoms with Crippen LogP contribution in [0.3, 0.4) is 0 Å². The summed E-state index contributed by atoms with van der Waals surface area (Å²) in [6.45, 7) is 3.29. The summed E-state index contributed by atoms with van der Waals surface area (Å²) in [6, 6.07) is 7.13. The quantitative estimate of drug-likeness (QED) is 0.818. The fourth-order valence-corrected chi connectivity index (χ4v) is 3.03. The van der Waals surface area contributed by atoms with Gasteiger partial charge in [0.1, 0.15) is 0 Å². The highest BCUT2D eigenvalue weighted by molar-refractivity contribution is 5.99. The lowest BCUT2D eigenvalue weighted by Gasteiger charge is -2.31. The first-order valence-corrected chi connectivity index (χ1v) is 7.50. The molecule has 1 heterocycles. The Labute approximate surface area is 140 Å². The Balaban J connectivity index is 2.75. The number of nitrogens with one attached hydrogen (secondary N) is 1. The van der Waals surface area contributed by atoms with Crippen molar-refractivity contribution in [3.05, 3.63) is 57.9 Å². The van der Waals surface area contributed by atoms with E-state index in [4.69, 9.17) is 9.47 Å². The first-order chi connectivity index (χ1) is 11.5. The first-order valence-electron chi connectivity index (χ1n) is 7.50. The first kappa shape index (κ1) is 17.7. The summed E-state index contributed by atoms with van der Waals surface area (Å²) in [6.07, 6.45) is 0. The summed E-state index contributed by atoms with van der Waals surface area (Å²) in [4.78, 5) is 24.7. The summed E-state index contributed by atoms with van der Waals surface area (Å²) < 4.78 is 9.82. The Kier molecular flexibility index (Phi) is 5.41. The molecule has 1 aromatic carbocycles. The van der Waals surface area contributed by atoms with E-state index in [0.717, 1.165) is 0 Å². The van der Waals surface area contributed by atoms with Gasteiger partial charge in [-0.3, -0.25) is 0 Å². The lowest BCUT2D eigenvalue weighted by molar-refractivity contribution is -0.137. The molecule has 0 saturated carbocycles. The molecule has 1 aromatic rings. The molecule has 1 aliphatic rings. The van der Waals surface area contributed by atoms with Gasteiger partial charge < -0.3 is 19.9 Å². The molecule has 2 N–H and O–H groups in total. The number of methoxy groups -OCH3 is 2. The smallest absolute Gasteiger partial charge is 0.336 e. The molecule has 6 nitrogen and oxygen atoms in total. The van der Waals surface area contributed by atoms with Crippen LogP contribution < -0.4 is 5.32 Å². The van der Waals surface area contributed by atoms with E-state index in [2.05, 4.69) is 5.32 Å². The van der Waals surface area contributed by atoms with Crippen LogP contribution in [-0.4, -0.2) is 31.3 Å². The lowest BCUT2D eigenvalue weighted by atomic mass is 9.78. The number of esters is 2. The van der Waals surface area contributed by atoms with Gasteiger partial charge in [0.15, 0.2) is 0 Å². The molecule has 1 aliphatic heterocycles. The Hall–Kier alpha value is -2.60. The Bertz CT molecular complexity index is 695. The highest BCUT2D eigenvalue weighted by Gasteiger charge is 2.38. The van der Waals surface area contributed by atoms with E-state index in [1.165, 1.54) is 14.2 Å². The fourth-order valence-electron chi connectivity index (χ4n) is 3.03. The molecule has 0 spiro atoms. The van der Waals surface area contributed by atoms with E-state index < -0.39 is 17.9 Å². The molecule has 0 aromatic heterocycles. The number of carbonyl (C=O) groups excluding carboxylic acids is 2. The SMILES string of the molecule is COC(=O)C1=C(C)NC(C)=C(C(=O)OC)C1c1ccccc1CO. The molecule has 0 fully saturated rings. The van der Waals surface area contributed by atoms with E-state index in [1.807, 2.05) is 0 Å². The molecule has 0 radical (unpaired) electrons. The molecule has 128 valence electrons. The average Bonchev–Trinajstić information content (AvgIpc) is 2.59. The average molecular weight is 331 g/mol. The van der Waals surface area contributed by atoms with E-state index in [0.29, 0.717) is 33.7 Å². The minimum atomic E-state index is -0.672. The van der Waals surface area contributed by atoms with Gasteiger partial charge in [-0.25, -0.2) is 9.59 Å². The highest BCUT2D eigenvalue weighted by atomic mass is 16.5. The van der Waals surface area contributed by atoms with Crippen molar-refractivity contribution in [3.63, 3.8) is 0 Å². The second-order valence-corrected chi connectivity index (χ2v) is 5.48. The van der Waals surface area contributed by atoms with E-state index in [1.54, 1.807) is 38.1 Å². The zero-order valence-electron chi connectivity index (χ0n) is 14.2. The van der Waals surface area contributed by atoms with Gasteiger partial charge in [-0.2, -0.15) is 0 Å². The van der Waals surface area contributed by atoms with Crippen molar-refractivity contribution in [3.8, 4) is 0 Å². The van der Waals surface area contributed by atoms with Gasteiger partial charge in [-0.15, -0.1) is 0 Å². The maximum Gasteiger partial charge on any atom is 0.336 e. The van der Waals surface area contributed by atoms with Crippen LogP contribution in [0, 0.1) is 0 Å². The van der Waals surface area contributed by atoms with E-state index in [-0.39, 0.29) is 6.61 Å². The summed E-state index contributed by atoms with van der Waals surface area (Å²) in [5.41, 5.74) is 3.15. The number of rotatable bonds is 4. The summed E-state index contributed by atoms with van der Waals surface area (Å²) in [5.74, 6) is -1.74. The molecule has 0 atom stereocenters. The third-order valence-corrected chi connectivity index (χ3v) is 4.11. The van der Waals surface area contributed by atoms with Crippen molar-refractivity contribution in [2.45, 2.75) is 26.4 Å². The number of aliphatic hydroxyl groups is 1. The highest BCUT2D eigenvalue weighted by Crippen LogP contribution is 2.40. The Morgan fingerprint density at radius 1 is 1.04 bits per heavy atom. The van der Waals surface area contributed by atoms with Crippen molar-refractivity contribution in [2.24, 2.45) is 0 Å². The summed E-state index contributed by atoms with van der Waals surface area (Å²) >= 11 is 0. The van der Waals surface area contributed by atoms with Crippen LogP contribution in [0.15, 0.2) is 46.8 Å². The Morgan fingerprint density at radius 3 is 2.00 bits per heavy atom. The van der Waals surface area contributed by atoms with Crippen LogP contribution in [0.25, 0.3) is 0 Å². The van der Waals surface area contributed by atoms with Gasteiger partial charge in [0, 0.05) is 11.4 Å². The fraction of sp³-hybridized carbons (Fsp3) is 0.333. The number of dihydropyridines is 1. The monoisotopic (exact) mass is 331 g/mol. The predicted octanol–water partition coefficient (Wildman–Crippen LogP) is 1.76. The van der Waals surface area contributed by atoms with Crippen LogP contribution in [0.4, 0.5) is 0 Å². The van der Waals surface area contributed by atoms with Crippen LogP contribution in [0.2, 0.25) is 0 Å². The molecule has 0 amide bonds. The Morgan fingerprint density at radius 2 is 1.54 bits per heavy atom. The van der Waals surface area contributed by atoms with Gasteiger partial charge in [0.2, 0.25) is 0 Å². The topological polar surface area (TPSA) is 84.9 Å². The number of aliphatic hydroxyl groups excluding tert-OH is 1. The standard InChI is InChI=1S/C18H21NO5/c1-10-14(17(21)23-3)16(13-8-6-5-7-12(13)9-20)15(11(2)19-10)18(22)24-4/h5-8,16,19-20H,9H2,1-4H3. The van der Waals surface area contributed by atoms with Gasteiger partial charge in [-0.1, -0.05) is 24.3 Å². The van der Waals surface area contributed by atoms with E-state index >= 15 is 0 Å². The zero-order valence-corrected chi connectivity index (χ0v) is 14.2. The predicted molar refractivity (Wildman–Crippen MR) is 87.7 cm³/mol. The van der Waals surface area contributed by atoms with E-state index in [9.17, 15) is 14.7 Å². The van der Waals surface area contributed by atoms with Crippen LogP contribution in [0.5, 0.6) is 0 Å². The van der Waals surface area contributed by atoms with Crippen LogP contribution in [0.1, 0.15) is 30.9 Å². The number of allylic oxidation sites excluding steroid dienone is 2. The van der Waals surface area contributed by atoms with Gasteiger partial charge >= 0.3 is 11.9 Å². The zero-order chi connectivity index (χ0) is 17.9. The van der Waals surface area contributed by atoms with Crippen molar-refractivity contribution in [2.75, 3.05) is 14.2 Å². The lowest BCUT2D eigenvalue weighted by Crippen LogP contribution is -2.32. The number of hydrogen-bond acceptors (Lipinski definition) is 6. The van der Waals surface area contributed by atoms with Crippen LogP contribution in [-0.2, 0) is 25.7 Å². The number of hydrogen-bond donors (Lipinski definition) is 2. The minimum absolute atomic E-state index is 0.207. The minimum Gasteiger partial charge on any atom is -0.466 e. The van der Waals surface area contributed by atoms with Crippen molar-refractivity contribution in [1.82, 2.24) is 5.32 Å². The molecule has 0 aliphatic carbocycles. The molecular weight excluding hydrogens is 310 g/mol. The number of ether oxygens (including phenoxy) is 2. The van der Waals surface area contributed by atoms with Crippen molar-refractivity contribution in [1.29, 1.82) is 0 Å². The number of benzene rings is 1. The molecule has 0 unspecified atom stereocenters. The van der Waals surface area contributed by atoms with Gasteiger partial charge in [0.25, 0.3) is 0 Å².